The topological polar surface area (TPSA) is 63.4 Å². The van der Waals surface area contributed by atoms with Crippen LogP contribution in [0.3, 0.4) is 0 Å². The lowest BCUT2D eigenvalue weighted by Crippen LogP contribution is -2.39. The molecule has 0 radical (unpaired) electrons. The van der Waals surface area contributed by atoms with Gasteiger partial charge in [-0.1, -0.05) is 30.3 Å². The van der Waals surface area contributed by atoms with Crippen LogP contribution in [0.15, 0.2) is 30.3 Å². The number of primary amides is 1. The van der Waals surface area contributed by atoms with E-state index in [1.165, 1.54) is 0 Å². The van der Waals surface area contributed by atoms with Crippen LogP contribution < -0.4 is 5.73 Å². The standard InChI is InChI=1S/C13H16N2O2/c1-9-11(10-5-3-2-4-6-10)7-13(17)15(9)8-12(14)16/h2-6,9,11H,7-8H2,1H3,(H2,14,16)/t9-,11+/m0/s1. The van der Waals surface area contributed by atoms with Crippen LogP contribution in [-0.2, 0) is 9.59 Å². The van der Waals surface area contributed by atoms with E-state index >= 15 is 0 Å². The second-order valence-electron chi connectivity index (χ2n) is 4.45. The number of carbonyl (C=O) groups excluding carboxylic acids is 2. The normalized spacial score (nSPS) is 24.1. The lowest BCUT2D eigenvalue weighted by Gasteiger charge is -2.23. The van der Waals surface area contributed by atoms with Gasteiger partial charge < -0.3 is 10.6 Å². The Kier molecular flexibility index (Phi) is 3.13. The van der Waals surface area contributed by atoms with Crippen LogP contribution in [0.2, 0.25) is 0 Å². The molecule has 17 heavy (non-hydrogen) atoms. The number of hydrogen-bond donors (Lipinski definition) is 1. The van der Waals surface area contributed by atoms with Crippen LogP contribution in [-0.4, -0.2) is 29.3 Å². The quantitative estimate of drug-likeness (QED) is 0.840. The molecule has 0 aliphatic carbocycles. The van der Waals surface area contributed by atoms with Gasteiger partial charge in [-0.05, 0) is 12.5 Å². The number of nitrogens with two attached hydrogens (primary N) is 1. The van der Waals surface area contributed by atoms with Crippen LogP contribution >= 0.6 is 0 Å². The molecule has 90 valence electrons. The Hall–Kier alpha value is -1.84. The largest absolute Gasteiger partial charge is 0.368 e. The highest BCUT2D eigenvalue weighted by molar-refractivity contribution is 5.86. The predicted molar refractivity (Wildman–Crippen MR) is 64.2 cm³/mol. The van der Waals surface area contributed by atoms with E-state index in [1.807, 2.05) is 37.3 Å². The smallest absolute Gasteiger partial charge is 0.237 e. The van der Waals surface area contributed by atoms with Gasteiger partial charge >= 0.3 is 0 Å². The van der Waals surface area contributed by atoms with E-state index in [-0.39, 0.29) is 24.4 Å². The summed E-state index contributed by atoms with van der Waals surface area (Å²) in [5.41, 5.74) is 6.29. The fourth-order valence-electron chi connectivity index (χ4n) is 2.42. The molecule has 4 heteroatoms. The van der Waals surface area contributed by atoms with Gasteiger partial charge in [-0.2, -0.15) is 0 Å². The van der Waals surface area contributed by atoms with E-state index in [4.69, 9.17) is 5.73 Å². The Bertz CT molecular complexity index is 430. The maximum Gasteiger partial charge on any atom is 0.237 e. The molecule has 1 saturated heterocycles. The van der Waals surface area contributed by atoms with Gasteiger partial charge in [0, 0.05) is 18.4 Å². The summed E-state index contributed by atoms with van der Waals surface area (Å²) in [4.78, 5) is 24.3. The van der Waals surface area contributed by atoms with Crippen molar-refractivity contribution in [3.63, 3.8) is 0 Å². The van der Waals surface area contributed by atoms with Crippen molar-refractivity contribution in [3.05, 3.63) is 35.9 Å². The predicted octanol–water partition coefficient (Wildman–Crippen LogP) is 0.876. The second kappa shape index (κ2) is 4.57. The number of carbonyl (C=O) groups is 2. The minimum Gasteiger partial charge on any atom is -0.368 e. The first kappa shape index (κ1) is 11.6. The SMILES string of the molecule is C[C@H]1[C@H](c2ccccc2)CC(=O)N1CC(N)=O. The average Bonchev–Trinajstić information content (AvgIpc) is 2.58. The second-order valence-corrected chi connectivity index (χ2v) is 4.45. The van der Waals surface area contributed by atoms with E-state index in [2.05, 4.69) is 0 Å². The van der Waals surface area contributed by atoms with Gasteiger partial charge in [0.15, 0.2) is 0 Å². The molecule has 1 aliphatic rings. The first-order chi connectivity index (χ1) is 8.09. The van der Waals surface area contributed by atoms with E-state index in [0.717, 1.165) is 5.56 Å². The molecule has 1 aromatic carbocycles. The van der Waals surface area contributed by atoms with Gasteiger partial charge in [-0.25, -0.2) is 0 Å². The average molecular weight is 232 g/mol. The van der Waals surface area contributed by atoms with E-state index in [1.54, 1.807) is 4.90 Å². The Balaban J connectivity index is 2.18. The number of nitrogens with zero attached hydrogens (tertiary/aromatic N) is 1. The number of rotatable bonds is 3. The Labute approximate surface area is 100 Å². The highest BCUT2D eigenvalue weighted by Gasteiger charge is 2.37. The summed E-state index contributed by atoms with van der Waals surface area (Å²) in [7, 11) is 0. The molecule has 0 aromatic heterocycles. The Morgan fingerprint density at radius 2 is 2.06 bits per heavy atom. The molecule has 1 aromatic rings. The number of hydrogen-bond acceptors (Lipinski definition) is 2. The van der Waals surface area contributed by atoms with Crippen LogP contribution in [0, 0.1) is 0 Å². The molecular formula is C13H16N2O2. The third-order valence-corrected chi connectivity index (χ3v) is 3.34. The first-order valence-electron chi connectivity index (χ1n) is 5.72. The van der Waals surface area contributed by atoms with E-state index < -0.39 is 5.91 Å². The van der Waals surface area contributed by atoms with Crippen LogP contribution in [0.25, 0.3) is 0 Å². The van der Waals surface area contributed by atoms with E-state index in [0.29, 0.717) is 6.42 Å². The van der Waals surface area contributed by atoms with Crippen molar-refractivity contribution in [3.8, 4) is 0 Å². The third-order valence-electron chi connectivity index (χ3n) is 3.34. The minimum absolute atomic E-state index is 0.00477. The van der Waals surface area contributed by atoms with Gasteiger partial charge in [0.2, 0.25) is 11.8 Å². The summed E-state index contributed by atoms with van der Waals surface area (Å²) in [5, 5.41) is 0. The lowest BCUT2D eigenvalue weighted by molar-refractivity contribution is -0.133. The molecule has 4 nitrogen and oxygen atoms in total. The molecule has 0 saturated carbocycles. The molecule has 2 N–H and O–H groups in total. The van der Waals surface area contributed by atoms with Crippen molar-refractivity contribution >= 4 is 11.8 Å². The zero-order valence-electron chi connectivity index (χ0n) is 9.80. The Morgan fingerprint density at radius 1 is 1.41 bits per heavy atom. The molecule has 0 spiro atoms. The number of benzene rings is 1. The van der Waals surface area contributed by atoms with Crippen molar-refractivity contribution in [1.29, 1.82) is 0 Å². The molecule has 0 bridgehead atoms. The summed E-state index contributed by atoms with van der Waals surface area (Å²) >= 11 is 0. The van der Waals surface area contributed by atoms with E-state index in [9.17, 15) is 9.59 Å². The third kappa shape index (κ3) is 2.30. The molecule has 2 amide bonds. The maximum atomic E-state index is 11.8. The Morgan fingerprint density at radius 3 is 2.65 bits per heavy atom. The van der Waals surface area contributed by atoms with Gasteiger partial charge in [0.05, 0.1) is 6.54 Å². The molecule has 1 fully saturated rings. The molecule has 2 atom stereocenters. The minimum atomic E-state index is -0.459. The molecule has 1 aliphatic heterocycles. The highest BCUT2D eigenvalue weighted by Crippen LogP contribution is 2.33. The highest BCUT2D eigenvalue weighted by atomic mass is 16.2. The van der Waals surface area contributed by atoms with Gasteiger partial charge in [-0.3, -0.25) is 9.59 Å². The van der Waals surface area contributed by atoms with Crippen LogP contribution in [0.5, 0.6) is 0 Å². The van der Waals surface area contributed by atoms with Gasteiger partial charge in [-0.15, -0.1) is 0 Å². The van der Waals surface area contributed by atoms with Crippen molar-refractivity contribution < 1.29 is 9.59 Å². The zero-order valence-corrected chi connectivity index (χ0v) is 9.80. The van der Waals surface area contributed by atoms with Crippen molar-refractivity contribution in [2.75, 3.05) is 6.54 Å². The van der Waals surface area contributed by atoms with Gasteiger partial charge in [0.1, 0.15) is 0 Å². The summed E-state index contributed by atoms with van der Waals surface area (Å²) in [6.45, 7) is 1.98. The summed E-state index contributed by atoms with van der Waals surface area (Å²) in [6, 6.07) is 9.93. The summed E-state index contributed by atoms with van der Waals surface area (Å²) in [5.74, 6) is -0.299. The van der Waals surface area contributed by atoms with Crippen molar-refractivity contribution in [2.24, 2.45) is 5.73 Å². The lowest BCUT2D eigenvalue weighted by atomic mass is 9.93. The molecule has 0 unspecified atom stereocenters. The fraction of sp³-hybridized carbons (Fsp3) is 0.385. The maximum absolute atomic E-state index is 11.8. The summed E-state index contributed by atoms with van der Waals surface area (Å²) < 4.78 is 0. The summed E-state index contributed by atoms with van der Waals surface area (Å²) in [6.07, 6.45) is 0.457. The molecule has 2 rings (SSSR count). The monoisotopic (exact) mass is 232 g/mol. The van der Waals surface area contributed by atoms with Crippen LogP contribution in [0.1, 0.15) is 24.8 Å². The molecule has 1 heterocycles. The van der Waals surface area contributed by atoms with Crippen molar-refractivity contribution in [1.82, 2.24) is 4.90 Å². The number of amides is 2. The first-order valence-corrected chi connectivity index (χ1v) is 5.72. The molecular weight excluding hydrogens is 216 g/mol. The fourth-order valence-corrected chi connectivity index (χ4v) is 2.42. The van der Waals surface area contributed by atoms with Gasteiger partial charge in [0.25, 0.3) is 0 Å². The van der Waals surface area contributed by atoms with Crippen LogP contribution in [0.4, 0.5) is 0 Å². The van der Waals surface area contributed by atoms with Crippen molar-refractivity contribution in [2.45, 2.75) is 25.3 Å². The number of likely N-dealkylation sites (tertiary alicyclic amines) is 1. The zero-order chi connectivity index (χ0) is 12.4.